The van der Waals surface area contributed by atoms with Crippen LogP contribution in [0, 0.1) is 33.5 Å². The summed E-state index contributed by atoms with van der Waals surface area (Å²) < 4.78 is 0. The van der Waals surface area contributed by atoms with Crippen molar-refractivity contribution in [2.24, 2.45) is 33.5 Å². The lowest BCUT2D eigenvalue weighted by atomic mass is 9.42. The van der Waals surface area contributed by atoms with Crippen LogP contribution in [0.25, 0.3) is 0 Å². The third-order valence-corrected chi connectivity index (χ3v) is 11.4. The van der Waals surface area contributed by atoms with E-state index in [0.29, 0.717) is 32.1 Å². The van der Waals surface area contributed by atoms with Gasteiger partial charge in [-0.05, 0) is 93.5 Å². The Bertz CT molecular complexity index is 1070. The van der Waals surface area contributed by atoms with Gasteiger partial charge in [0.1, 0.15) is 0 Å². The maximum Gasteiger partial charge on any atom is 0.330 e. The van der Waals surface area contributed by atoms with Gasteiger partial charge < -0.3 is 25.5 Å². The Morgan fingerprint density at radius 3 is 2.41 bits per heavy atom. The Morgan fingerprint density at radius 2 is 1.84 bits per heavy atom. The Labute approximate surface area is 220 Å². The summed E-state index contributed by atoms with van der Waals surface area (Å²) in [5.74, 6) is -2.00. The van der Waals surface area contributed by atoms with Gasteiger partial charge in [0, 0.05) is 23.3 Å². The summed E-state index contributed by atoms with van der Waals surface area (Å²) in [5, 5.41) is 53.6. The topological polar surface area (TPSA) is 135 Å². The molecule has 0 heterocycles. The first-order chi connectivity index (χ1) is 17.0. The second-order valence-electron chi connectivity index (χ2n) is 13.2. The highest BCUT2D eigenvalue weighted by atomic mass is 16.4. The van der Waals surface area contributed by atoms with Crippen molar-refractivity contribution in [3.63, 3.8) is 0 Å². The Kier molecular flexibility index (Phi) is 6.66. The van der Waals surface area contributed by atoms with Crippen LogP contribution in [0.5, 0.6) is 0 Å². The van der Waals surface area contributed by atoms with Crippen LogP contribution in [0.4, 0.5) is 0 Å². The molecule has 0 radical (unpaired) electrons. The van der Waals surface area contributed by atoms with Gasteiger partial charge in [-0.1, -0.05) is 38.2 Å². The molecule has 0 bridgehead atoms. The third-order valence-electron chi connectivity index (χ3n) is 11.4. The van der Waals surface area contributed by atoms with Crippen molar-refractivity contribution >= 4 is 11.9 Å². The summed E-state index contributed by atoms with van der Waals surface area (Å²) in [6, 6.07) is 0. The minimum Gasteiger partial charge on any atom is -0.481 e. The number of fused-ring (bicyclic) bond motifs is 2. The highest BCUT2D eigenvalue weighted by molar-refractivity contribution is 5.85. The average Bonchev–Trinajstić information content (AvgIpc) is 3.40. The van der Waals surface area contributed by atoms with E-state index in [2.05, 4.69) is 13.5 Å². The first-order valence-electron chi connectivity index (χ1n) is 13.6. The van der Waals surface area contributed by atoms with E-state index < -0.39 is 40.6 Å². The van der Waals surface area contributed by atoms with Gasteiger partial charge in [-0.25, -0.2) is 4.79 Å². The molecule has 5 N–H and O–H groups in total. The predicted octanol–water partition coefficient (Wildman–Crippen LogP) is 4.47. The first kappa shape index (κ1) is 28.1. The minimum atomic E-state index is -1.25. The van der Waals surface area contributed by atoms with E-state index in [-0.39, 0.29) is 34.7 Å². The number of carboxylic acids is 2. The van der Waals surface area contributed by atoms with E-state index in [9.17, 15) is 30.0 Å². The highest BCUT2D eigenvalue weighted by Gasteiger charge is 2.82. The van der Waals surface area contributed by atoms with Crippen LogP contribution in [0.2, 0.25) is 0 Å². The monoisotopic (exact) mass is 516 g/mol. The SMILES string of the molecule is C=C(C)C1CC(O)C2C3(CCC4(C)C(C(C)(O)CCC=C(C)C(=O)O)=CC(O)C24C)CC13CCC(=O)O. The van der Waals surface area contributed by atoms with Crippen molar-refractivity contribution in [2.45, 2.75) is 104 Å². The van der Waals surface area contributed by atoms with Crippen LogP contribution >= 0.6 is 0 Å². The molecular formula is C30H44O7. The Hall–Kier alpha value is -1.96. The molecule has 0 saturated heterocycles. The molecule has 206 valence electrons. The van der Waals surface area contributed by atoms with Gasteiger partial charge in [0.25, 0.3) is 0 Å². The third kappa shape index (κ3) is 3.79. The van der Waals surface area contributed by atoms with Crippen molar-refractivity contribution in [3.05, 3.63) is 35.5 Å². The second-order valence-corrected chi connectivity index (χ2v) is 13.2. The molecule has 37 heavy (non-hydrogen) atoms. The number of carboxylic acid groups (broad SMARTS) is 2. The first-order valence-corrected chi connectivity index (χ1v) is 13.6. The van der Waals surface area contributed by atoms with Crippen molar-refractivity contribution in [2.75, 3.05) is 0 Å². The molecule has 0 aromatic heterocycles. The van der Waals surface area contributed by atoms with E-state index in [1.165, 1.54) is 6.92 Å². The molecular weight excluding hydrogens is 472 g/mol. The quantitative estimate of drug-likeness (QED) is 0.225. The molecule has 0 aliphatic heterocycles. The van der Waals surface area contributed by atoms with E-state index in [1.54, 1.807) is 19.1 Å². The number of rotatable bonds is 9. The fourth-order valence-electron chi connectivity index (χ4n) is 9.46. The van der Waals surface area contributed by atoms with Crippen LogP contribution < -0.4 is 0 Å². The number of aliphatic carboxylic acids is 2. The van der Waals surface area contributed by atoms with Gasteiger partial charge in [-0.15, -0.1) is 0 Å². The molecule has 3 saturated carbocycles. The van der Waals surface area contributed by atoms with Crippen molar-refractivity contribution in [1.82, 2.24) is 0 Å². The van der Waals surface area contributed by atoms with Gasteiger partial charge in [-0.2, -0.15) is 0 Å². The molecule has 9 atom stereocenters. The number of hydrogen-bond acceptors (Lipinski definition) is 5. The maximum atomic E-state index is 11.7. The van der Waals surface area contributed by atoms with Crippen LogP contribution in [0.3, 0.4) is 0 Å². The molecule has 4 aliphatic rings. The van der Waals surface area contributed by atoms with Crippen LogP contribution in [0.1, 0.15) is 86.0 Å². The lowest BCUT2D eigenvalue weighted by Crippen LogP contribution is -2.62. The van der Waals surface area contributed by atoms with Gasteiger partial charge in [-0.3, -0.25) is 4.79 Å². The summed E-state index contributed by atoms with van der Waals surface area (Å²) in [5.41, 5.74) is -1.09. The number of allylic oxidation sites excluding steroid dienone is 2. The van der Waals surface area contributed by atoms with Crippen molar-refractivity contribution in [1.29, 1.82) is 0 Å². The smallest absolute Gasteiger partial charge is 0.330 e. The van der Waals surface area contributed by atoms with E-state index in [0.717, 1.165) is 24.0 Å². The summed E-state index contributed by atoms with van der Waals surface area (Å²) in [6.45, 7) is 13.6. The normalized spacial score (nSPS) is 44.1. The molecule has 1 spiro atoms. The standard InChI is InChI=1S/C30H44O7/c1-17(2)19-14-20(31)24-28(6)22(32)15-21(27(5,37)10-7-8-18(3)25(35)36)26(28,4)12-13-30(24)16-29(19,30)11-9-23(33)34/h8,15,19-20,22,24,31-32,37H,1,7,9-14,16H2,2-6H3,(H,33,34)(H,35,36). The van der Waals surface area contributed by atoms with Gasteiger partial charge in [0.15, 0.2) is 0 Å². The molecule has 7 heteroatoms. The zero-order chi connectivity index (χ0) is 27.8. The van der Waals surface area contributed by atoms with E-state index in [4.69, 9.17) is 5.11 Å². The predicted molar refractivity (Wildman–Crippen MR) is 140 cm³/mol. The van der Waals surface area contributed by atoms with Crippen LogP contribution in [-0.4, -0.2) is 55.3 Å². The molecule has 4 rings (SSSR count). The van der Waals surface area contributed by atoms with Gasteiger partial charge in [0.2, 0.25) is 0 Å². The van der Waals surface area contributed by atoms with E-state index in [1.807, 2.05) is 13.8 Å². The largest absolute Gasteiger partial charge is 0.481 e. The molecule has 9 unspecified atom stereocenters. The summed E-state index contributed by atoms with van der Waals surface area (Å²) >= 11 is 0. The fourth-order valence-corrected chi connectivity index (χ4v) is 9.46. The summed E-state index contributed by atoms with van der Waals surface area (Å²) in [7, 11) is 0. The fraction of sp³-hybridized carbons (Fsp3) is 0.733. The second kappa shape index (κ2) is 8.78. The van der Waals surface area contributed by atoms with Crippen LogP contribution in [0.15, 0.2) is 35.5 Å². The minimum absolute atomic E-state index is 0.0457. The number of aliphatic hydroxyl groups is 3. The van der Waals surface area contributed by atoms with Crippen molar-refractivity contribution in [3.8, 4) is 0 Å². The summed E-state index contributed by atoms with van der Waals surface area (Å²) in [6.07, 6.45) is 6.03. The van der Waals surface area contributed by atoms with Crippen molar-refractivity contribution < 1.29 is 35.1 Å². The Balaban J connectivity index is 1.70. The number of hydrogen-bond donors (Lipinski definition) is 5. The Morgan fingerprint density at radius 1 is 1.19 bits per heavy atom. The van der Waals surface area contributed by atoms with E-state index >= 15 is 0 Å². The molecule has 3 fully saturated rings. The molecule has 4 aliphatic carbocycles. The highest BCUT2D eigenvalue weighted by Crippen LogP contribution is 2.86. The molecule has 7 nitrogen and oxygen atoms in total. The average molecular weight is 517 g/mol. The molecule has 0 aromatic carbocycles. The zero-order valence-corrected chi connectivity index (χ0v) is 22.9. The van der Waals surface area contributed by atoms with Gasteiger partial charge in [0.05, 0.1) is 17.8 Å². The molecule has 0 aromatic rings. The number of carbonyl (C=O) groups is 2. The summed E-state index contributed by atoms with van der Waals surface area (Å²) in [4.78, 5) is 22.8. The lowest BCUT2D eigenvalue weighted by Gasteiger charge is -2.62. The lowest BCUT2D eigenvalue weighted by molar-refractivity contribution is -0.185. The maximum absolute atomic E-state index is 11.7. The zero-order valence-electron chi connectivity index (χ0n) is 22.9. The van der Waals surface area contributed by atoms with Gasteiger partial charge >= 0.3 is 11.9 Å². The molecule has 0 amide bonds. The number of aliphatic hydroxyl groups excluding tert-OH is 2. The van der Waals surface area contributed by atoms with Crippen LogP contribution in [-0.2, 0) is 9.59 Å².